The zero-order valence-electron chi connectivity index (χ0n) is 9.07. The molecule has 0 aliphatic carbocycles. The van der Waals surface area contributed by atoms with Gasteiger partial charge >= 0.3 is 0 Å². The zero-order valence-corrected chi connectivity index (χ0v) is 9.83. The van der Waals surface area contributed by atoms with Gasteiger partial charge in [0.1, 0.15) is 12.4 Å². The number of hydrogen-bond acceptors (Lipinski definition) is 3. The van der Waals surface area contributed by atoms with Gasteiger partial charge in [0.2, 0.25) is 5.91 Å². The van der Waals surface area contributed by atoms with E-state index in [9.17, 15) is 4.79 Å². The van der Waals surface area contributed by atoms with Crippen LogP contribution in [-0.2, 0) is 4.79 Å². The molecule has 0 saturated carbocycles. The standard InChI is InChI=1S/C11H15ClN2O2/c1-8(13)11(15)14-6-7-16-10-4-2-9(12)3-5-10/h2-5,8H,6-7,13H2,1H3,(H,14,15). The van der Waals surface area contributed by atoms with E-state index in [1.165, 1.54) is 0 Å². The number of halogens is 1. The molecule has 1 rings (SSSR count). The summed E-state index contributed by atoms with van der Waals surface area (Å²) < 4.78 is 5.38. The van der Waals surface area contributed by atoms with Crippen LogP contribution in [0.4, 0.5) is 0 Å². The minimum atomic E-state index is -0.490. The first-order valence-corrected chi connectivity index (χ1v) is 5.39. The Hall–Kier alpha value is -1.26. The third-order valence-electron chi connectivity index (χ3n) is 1.90. The van der Waals surface area contributed by atoms with Crippen molar-refractivity contribution in [2.45, 2.75) is 13.0 Å². The fourth-order valence-electron chi connectivity index (χ4n) is 1.03. The van der Waals surface area contributed by atoms with E-state index < -0.39 is 6.04 Å². The minimum absolute atomic E-state index is 0.181. The molecule has 0 fully saturated rings. The molecule has 0 aliphatic heterocycles. The lowest BCUT2D eigenvalue weighted by molar-refractivity contribution is -0.122. The SMILES string of the molecule is CC(N)C(=O)NCCOc1ccc(Cl)cc1. The molecule has 1 unspecified atom stereocenters. The van der Waals surface area contributed by atoms with Crippen LogP contribution in [0.3, 0.4) is 0 Å². The molecule has 16 heavy (non-hydrogen) atoms. The van der Waals surface area contributed by atoms with Crippen molar-refractivity contribution >= 4 is 17.5 Å². The summed E-state index contributed by atoms with van der Waals surface area (Å²) in [6, 6.07) is 6.55. The van der Waals surface area contributed by atoms with Gasteiger partial charge in [-0.1, -0.05) is 11.6 Å². The summed E-state index contributed by atoms with van der Waals surface area (Å²) in [6.45, 7) is 2.47. The van der Waals surface area contributed by atoms with Gasteiger partial charge in [-0.15, -0.1) is 0 Å². The van der Waals surface area contributed by atoms with Gasteiger partial charge in [0.25, 0.3) is 0 Å². The quantitative estimate of drug-likeness (QED) is 0.763. The molecule has 4 nitrogen and oxygen atoms in total. The van der Waals surface area contributed by atoms with Crippen LogP contribution in [0.1, 0.15) is 6.92 Å². The molecule has 1 amide bonds. The Labute approximate surface area is 99.7 Å². The van der Waals surface area contributed by atoms with Crippen LogP contribution < -0.4 is 15.8 Å². The molecule has 0 aliphatic rings. The van der Waals surface area contributed by atoms with Crippen LogP contribution in [0.2, 0.25) is 5.02 Å². The molecule has 0 heterocycles. The van der Waals surface area contributed by atoms with E-state index in [0.29, 0.717) is 18.2 Å². The number of nitrogens with one attached hydrogen (secondary N) is 1. The molecule has 1 aromatic carbocycles. The van der Waals surface area contributed by atoms with Gasteiger partial charge in [-0.3, -0.25) is 4.79 Å². The normalized spacial score (nSPS) is 11.9. The van der Waals surface area contributed by atoms with Gasteiger partial charge in [-0.2, -0.15) is 0 Å². The lowest BCUT2D eigenvalue weighted by Gasteiger charge is -2.09. The molecule has 0 radical (unpaired) electrons. The molecular formula is C11H15ClN2O2. The van der Waals surface area contributed by atoms with E-state index in [0.717, 1.165) is 5.75 Å². The number of nitrogens with two attached hydrogens (primary N) is 1. The Balaban J connectivity index is 2.21. The zero-order chi connectivity index (χ0) is 12.0. The number of benzene rings is 1. The Bertz CT molecular complexity index is 338. The van der Waals surface area contributed by atoms with Gasteiger partial charge in [-0.05, 0) is 31.2 Å². The molecule has 3 N–H and O–H groups in total. The Kier molecular flexibility index (Phi) is 5.08. The highest BCUT2D eigenvalue weighted by molar-refractivity contribution is 6.30. The largest absolute Gasteiger partial charge is 0.492 e. The van der Waals surface area contributed by atoms with Crippen LogP contribution in [0, 0.1) is 0 Å². The van der Waals surface area contributed by atoms with E-state index in [-0.39, 0.29) is 5.91 Å². The van der Waals surface area contributed by atoms with Crippen molar-refractivity contribution in [2.75, 3.05) is 13.2 Å². The molecule has 0 aromatic heterocycles. The molecule has 0 bridgehead atoms. The summed E-state index contributed by atoms with van der Waals surface area (Å²) >= 11 is 5.72. The number of carbonyl (C=O) groups excluding carboxylic acids is 1. The van der Waals surface area contributed by atoms with Crippen LogP contribution >= 0.6 is 11.6 Å². The summed E-state index contributed by atoms with van der Waals surface area (Å²) in [7, 11) is 0. The first-order chi connectivity index (χ1) is 7.59. The van der Waals surface area contributed by atoms with Gasteiger partial charge < -0.3 is 15.8 Å². The maximum absolute atomic E-state index is 11.1. The Morgan fingerprint density at radius 1 is 1.50 bits per heavy atom. The van der Waals surface area contributed by atoms with Crippen molar-refractivity contribution in [1.29, 1.82) is 0 Å². The van der Waals surface area contributed by atoms with Gasteiger partial charge in [-0.25, -0.2) is 0 Å². The fraction of sp³-hybridized carbons (Fsp3) is 0.364. The van der Waals surface area contributed by atoms with E-state index in [1.807, 2.05) is 0 Å². The van der Waals surface area contributed by atoms with Crippen LogP contribution in [-0.4, -0.2) is 25.1 Å². The van der Waals surface area contributed by atoms with Crippen molar-refractivity contribution in [3.8, 4) is 5.75 Å². The van der Waals surface area contributed by atoms with Crippen molar-refractivity contribution in [3.05, 3.63) is 29.3 Å². The number of amides is 1. The predicted octanol–water partition coefficient (Wildman–Crippen LogP) is 1.18. The lowest BCUT2D eigenvalue weighted by Crippen LogP contribution is -2.40. The average molecular weight is 243 g/mol. The van der Waals surface area contributed by atoms with E-state index in [2.05, 4.69) is 5.32 Å². The van der Waals surface area contributed by atoms with E-state index in [4.69, 9.17) is 22.1 Å². The first-order valence-electron chi connectivity index (χ1n) is 5.01. The average Bonchev–Trinajstić information content (AvgIpc) is 2.26. The topological polar surface area (TPSA) is 64.4 Å². The van der Waals surface area contributed by atoms with Crippen molar-refractivity contribution in [2.24, 2.45) is 5.73 Å². The molecule has 1 aromatic rings. The fourth-order valence-corrected chi connectivity index (χ4v) is 1.16. The number of ether oxygens (including phenoxy) is 1. The number of rotatable bonds is 5. The molecular weight excluding hydrogens is 228 g/mol. The maximum atomic E-state index is 11.1. The van der Waals surface area contributed by atoms with Gasteiger partial charge in [0.15, 0.2) is 0 Å². The van der Waals surface area contributed by atoms with Crippen LogP contribution in [0.5, 0.6) is 5.75 Å². The third-order valence-corrected chi connectivity index (χ3v) is 2.15. The maximum Gasteiger partial charge on any atom is 0.236 e. The summed E-state index contributed by atoms with van der Waals surface area (Å²) in [5.74, 6) is 0.541. The summed E-state index contributed by atoms with van der Waals surface area (Å²) in [6.07, 6.45) is 0. The Morgan fingerprint density at radius 2 is 2.12 bits per heavy atom. The lowest BCUT2D eigenvalue weighted by atomic mass is 10.3. The molecule has 5 heteroatoms. The second-order valence-corrected chi connectivity index (χ2v) is 3.82. The van der Waals surface area contributed by atoms with Gasteiger partial charge in [0, 0.05) is 5.02 Å². The number of carbonyl (C=O) groups is 1. The highest BCUT2D eigenvalue weighted by atomic mass is 35.5. The summed E-state index contributed by atoms with van der Waals surface area (Å²) in [5.41, 5.74) is 5.38. The monoisotopic (exact) mass is 242 g/mol. The minimum Gasteiger partial charge on any atom is -0.492 e. The van der Waals surface area contributed by atoms with Crippen molar-refractivity contribution in [3.63, 3.8) is 0 Å². The smallest absolute Gasteiger partial charge is 0.236 e. The molecule has 1 atom stereocenters. The second kappa shape index (κ2) is 6.35. The van der Waals surface area contributed by atoms with E-state index >= 15 is 0 Å². The van der Waals surface area contributed by atoms with Crippen LogP contribution in [0.15, 0.2) is 24.3 Å². The molecule has 88 valence electrons. The second-order valence-electron chi connectivity index (χ2n) is 3.38. The highest BCUT2D eigenvalue weighted by Crippen LogP contribution is 2.14. The van der Waals surface area contributed by atoms with Crippen molar-refractivity contribution in [1.82, 2.24) is 5.32 Å². The Morgan fingerprint density at radius 3 is 2.69 bits per heavy atom. The molecule has 0 saturated heterocycles. The highest BCUT2D eigenvalue weighted by Gasteiger charge is 2.05. The van der Waals surface area contributed by atoms with Gasteiger partial charge in [0.05, 0.1) is 12.6 Å². The number of hydrogen-bond donors (Lipinski definition) is 2. The summed E-state index contributed by atoms with van der Waals surface area (Å²) in [5, 5.41) is 3.31. The summed E-state index contributed by atoms with van der Waals surface area (Å²) in [4.78, 5) is 11.1. The first kappa shape index (κ1) is 12.8. The molecule has 0 spiro atoms. The van der Waals surface area contributed by atoms with Crippen molar-refractivity contribution < 1.29 is 9.53 Å². The predicted molar refractivity (Wildman–Crippen MR) is 63.6 cm³/mol. The van der Waals surface area contributed by atoms with Crippen LogP contribution in [0.25, 0.3) is 0 Å². The van der Waals surface area contributed by atoms with E-state index in [1.54, 1.807) is 31.2 Å². The third kappa shape index (κ3) is 4.51.